The molecule has 1 unspecified atom stereocenters. The lowest BCUT2D eigenvalue weighted by Gasteiger charge is -2.19. The smallest absolute Gasteiger partial charge is 0.260 e. The van der Waals surface area contributed by atoms with E-state index in [1.165, 1.54) is 0 Å². The molecule has 2 aromatic rings. The summed E-state index contributed by atoms with van der Waals surface area (Å²) in [5.41, 5.74) is 2.20. The molecule has 1 amide bonds. The van der Waals surface area contributed by atoms with Crippen LogP contribution in [0.4, 0.5) is 0 Å². The molecule has 2 rings (SSSR count). The number of ether oxygens (including phenoxy) is 2. The Morgan fingerprint density at radius 2 is 1.81 bits per heavy atom. The molecule has 0 spiro atoms. The van der Waals surface area contributed by atoms with Crippen molar-refractivity contribution in [2.75, 3.05) is 13.2 Å². The van der Waals surface area contributed by atoms with E-state index in [9.17, 15) is 4.79 Å². The van der Waals surface area contributed by atoms with Crippen LogP contribution in [0.15, 0.2) is 42.5 Å². The molecule has 0 aliphatic carbocycles. The first kappa shape index (κ1) is 20.1. The molecular weight excluding hydrogens is 350 g/mol. The molecular formula is C21H26ClNO3. The van der Waals surface area contributed by atoms with Crippen LogP contribution < -0.4 is 14.8 Å². The SMILES string of the molecule is Cc1ccc(C(C)C)c(OC(C)C(=O)NCCOc2ccc(Cl)cc2)c1. The summed E-state index contributed by atoms with van der Waals surface area (Å²) in [6.45, 7) is 8.76. The van der Waals surface area contributed by atoms with Gasteiger partial charge in [-0.05, 0) is 61.2 Å². The largest absolute Gasteiger partial charge is 0.492 e. The fourth-order valence-electron chi connectivity index (χ4n) is 2.48. The minimum atomic E-state index is -0.579. The van der Waals surface area contributed by atoms with Gasteiger partial charge < -0.3 is 14.8 Å². The van der Waals surface area contributed by atoms with E-state index in [-0.39, 0.29) is 5.91 Å². The number of hydrogen-bond acceptors (Lipinski definition) is 3. The van der Waals surface area contributed by atoms with Crippen LogP contribution in [0.5, 0.6) is 11.5 Å². The van der Waals surface area contributed by atoms with Gasteiger partial charge >= 0.3 is 0 Å². The summed E-state index contributed by atoms with van der Waals surface area (Å²) in [6, 6.07) is 13.2. The van der Waals surface area contributed by atoms with Crippen molar-refractivity contribution in [3.8, 4) is 11.5 Å². The Kier molecular flexibility index (Phi) is 7.34. The molecule has 0 aromatic heterocycles. The van der Waals surface area contributed by atoms with E-state index in [4.69, 9.17) is 21.1 Å². The molecule has 4 nitrogen and oxygen atoms in total. The molecule has 5 heteroatoms. The first-order valence-electron chi connectivity index (χ1n) is 8.80. The molecule has 0 aliphatic heterocycles. The van der Waals surface area contributed by atoms with Gasteiger partial charge in [0.2, 0.25) is 0 Å². The molecule has 2 aromatic carbocycles. The van der Waals surface area contributed by atoms with Crippen LogP contribution in [0.3, 0.4) is 0 Å². The number of nitrogens with one attached hydrogen (secondary N) is 1. The average molecular weight is 376 g/mol. The van der Waals surface area contributed by atoms with Crippen molar-refractivity contribution in [2.45, 2.75) is 39.7 Å². The first-order chi connectivity index (χ1) is 12.4. The highest BCUT2D eigenvalue weighted by Crippen LogP contribution is 2.28. The Hall–Kier alpha value is -2.20. The maximum absolute atomic E-state index is 12.3. The lowest BCUT2D eigenvalue weighted by molar-refractivity contribution is -0.127. The predicted molar refractivity (Wildman–Crippen MR) is 105 cm³/mol. The quantitative estimate of drug-likeness (QED) is 0.678. The van der Waals surface area contributed by atoms with Gasteiger partial charge in [-0.3, -0.25) is 4.79 Å². The third-order valence-corrected chi connectivity index (χ3v) is 4.20. The van der Waals surface area contributed by atoms with Gasteiger partial charge in [0.25, 0.3) is 5.91 Å². The van der Waals surface area contributed by atoms with E-state index >= 15 is 0 Å². The molecule has 0 bridgehead atoms. The van der Waals surface area contributed by atoms with Gasteiger partial charge in [-0.1, -0.05) is 37.6 Å². The molecule has 0 saturated carbocycles. The lowest BCUT2D eigenvalue weighted by atomic mass is 10.0. The van der Waals surface area contributed by atoms with Crippen molar-refractivity contribution in [2.24, 2.45) is 0 Å². The molecule has 1 N–H and O–H groups in total. The molecule has 0 heterocycles. The number of aryl methyl sites for hydroxylation is 1. The number of carbonyl (C=O) groups excluding carboxylic acids is 1. The zero-order chi connectivity index (χ0) is 19.1. The van der Waals surface area contributed by atoms with Crippen LogP contribution in [0.2, 0.25) is 5.02 Å². The standard InChI is InChI=1S/C21H26ClNO3/c1-14(2)19-10-5-15(3)13-20(19)26-16(4)21(24)23-11-12-25-18-8-6-17(22)7-9-18/h5-10,13-14,16H,11-12H2,1-4H3,(H,23,24). The third-order valence-electron chi connectivity index (χ3n) is 3.95. The average Bonchev–Trinajstić information content (AvgIpc) is 2.59. The lowest BCUT2D eigenvalue weighted by Crippen LogP contribution is -2.38. The maximum Gasteiger partial charge on any atom is 0.260 e. The fourth-order valence-corrected chi connectivity index (χ4v) is 2.61. The van der Waals surface area contributed by atoms with Crippen molar-refractivity contribution in [1.29, 1.82) is 0 Å². The minimum absolute atomic E-state index is 0.166. The summed E-state index contributed by atoms with van der Waals surface area (Å²) in [5.74, 6) is 1.64. The molecule has 140 valence electrons. The number of benzene rings is 2. The summed E-state index contributed by atoms with van der Waals surface area (Å²) < 4.78 is 11.5. The minimum Gasteiger partial charge on any atom is -0.492 e. The highest BCUT2D eigenvalue weighted by atomic mass is 35.5. The van der Waals surface area contributed by atoms with Crippen LogP contribution in [0.1, 0.15) is 37.8 Å². The van der Waals surface area contributed by atoms with Crippen LogP contribution in [0, 0.1) is 6.92 Å². The normalized spacial score (nSPS) is 11.9. The number of carbonyl (C=O) groups is 1. The van der Waals surface area contributed by atoms with Crippen molar-refractivity contribution in [1.82, 2.24) is 5.32 Å². The van der Waals surface area contributed by atoms with Gasteiger partial charge in [-0.15, -0.1) is 0 Å². The highest BCUT2D eigenvalue weighted by Gasteiger charge is 2.17. The maximum atomic E-state index is 12.3. The van der Waals surface area contributed by atoms with E-state index in [2.05, 4.69) is 31.3 Å². The van der Waals surface area contributed by atoms with Crippen molar-refractivity contribution in [3.63, 3.8) is 0 Å². The van der Waals surface area contributed by atoms with Gasteiger partial charge in [0.15, 0.2) is 6.10 Å². The monoisotopic (exact) mass is 375 g/mol. The molecule has 0 fully saturated rings. The van der Waals surface area contributed by atoms with E-state index in [0.29, 0.717) is 29.8 Å². The first-order valence-corrected chi connectivity index (χ1v) is 9.18. The summed E-state index contributed by atoms with van der Waals surface area (Å²) in [7, 11) is 0. The highest BCUT2D eigenvalue weighted by molar-refractivity contribution is 6.30. The molecule has 0 radical (unpaired) electrons. The van der Waals surface area contributed by atoms with Crippen molar-refractivity contribution < 1.29 is 14.3 Å². The zero-order valence-electron chi connectivity index (χ0n) is 15.7. The van der Waals surface area contributed by atoms with Crippen LogP contribution in [-0.4, -0.2) is 25.2 Å². The summed E-state index contributed by atoms with van der Waals surface area (Å²) in [5, 5.41) is 3.49. The second-order valence-corrected chi connectivity index (χ2v) is 6.99. The van der Waals surface area contributed by atoms with E-state index < -0.39 is 6.10 Å². The zero-order valence-corrected chi connectivity index (χ0v) is 16.5. The number of amides is 1. The van der Waals surface area contributed by atoms with Gasteiger partial charge in [0.1, 0.15) is 18.1 Å². The molecule has 26 heavy (non-hydrogen) atoms. The van der Waals surface area contributed by atoms with Gasteiger partial charge in [-0.2, -0.15) is 0 Å². The fraction of sp³-hybridized carbons (Fsp3) is 0.381. The third kappa shape index (κ3) is 5.95. The second kappa shape index (κ2) is 9.48. The van der Waals surface area contributed by atoms with Crippen LogP contribution in [-0.2, 0) is 4.79 Å². The molecule has 0 aliphatic rings. The Morgan fingerprint density at radius 1 is 1.12 bits per heavy atom. The van der Waals surface area contributed by atoms with E-state index in [1.807, 2.05) is 13.0 Å². The Morgan fingerprint density at radius 3 is 2.46 bits per heavy atom. The van der Waals surface area contributed by atoms with E-state index in [0.717, 1.165) is 16.9 Å². The van der Waals surface area contributed by atoms with Crippen LogP contribution in [0.25, 0.3) is 0 Å². The summed E-state index contributed by atoms with van der Waals surface area (Å²) in [6.07, 6.45) is -0.579. The topological polar surface area (TPSA) is 47.6 Å². The number of hydrogen-bond donors (Lipinski definition) is 1. The molecule has 0 saturated heterocycles. The summed E-state index contributed by atoms with van der Waals surface area (Å²) in [4.78, 5) is 12.3. The molecule has 1 atom stereocenters. The summed E-state index contributed by atoms with van der Waals surface area (Å²) >= 11 is 5.83. The second-order valence-electron chi connectivity index (χ2n) is 6.55. The Labute approximate surface area is 160 Å². The number of rotatable bonds is 8. The van der Waals surface area contributed by atoms with Gasteiger partial charge in [-0.25, -0.2) is 0 Å². The number of halogens is 1. The van der Waals surface area contributed by atoms with E-state index in [1.54, 1.807) is 31.2 Å². The predicted octanol–water partition coefficient (Wildman–Crippen LogP) is 4.73. The Bertz CT molecular complexity index is 729. The van der Waals surface area contributed by atoms with Gasteiger partial charge in [0, 0.05) is 5.02 Å². The van der Waals surface area contributed by atoms with Crippen molar-refractivity contribution >= 4 is 17.5 Å². The van der Waals surface area contributed by atoms with Crippen LogP contribution >= 0.6 is 11.6 Å². The van der Waals surface area contributed by atoms with Gasteiger partial charge in [0.05, 0.1) is 6.54 Å². The Balaban J connectivity index is 1.82. The van der Waals surface area contributed by atoms with Crippen molar-refractivity contribution in [3.05, 3.63) is 58.6 Å².